The minimum absolute atomic E-state index is 0.0111. The van der Waals surface area contributed by atoms with Crippen LogP contribution in [-0.4, -0.2) is 44.2 Å². The molecule has 228 valence electrons. The van der Waals surface area contributed by atoms with E-state index in [1.54, 1.807) is 11.8 Å². The first kappa shape index (κ1) is 34.7. The number of carbonyl (C=O) groups excluding carboxylic acids is 3. The van der Waals surface area contributed by atoms with Crippen molar-refractivity contribution in [1.29, 1.82) is 0 Å². The second-order valence-corrected chi connectivity index (χ2v) is 11.3. The highest BCUT2D eigenvalue weighted by Gasteiger charge is 2.28. The Morgan fingerprint density at radius 3 is 2.26 bits per heavy atom. The number of ether oxygens (including phenoxy) is 1. The van der Waals surface area contributed by atoms with E-state index < -0.39 is 5.91 Å². The van der Waals surface area contributed by atoms with Crippen LogP contribution in [0.5, 0.6) is 0 Å². The summed E-state index contributed by atoms with van der Waals surface area (Å²) in [5.41, 5.74) is 9.73. The first-order valence-corrected chi connectivity index (χ1v) is 14.8. The number of carbonyl (C=O) groups is 3. The largest absolute Gasteiger partial charge is 0.375 e. The lowest BCUT2D eigenvalue weighted by Gasteiger charge is -2.28. The lowest BCUT2D eigenvalue weighted by molar-refractivity contribution is -0.123. The fraction of sp³-hybridized carbons (Fsp3) is 0.469. The highest BCUT2D eigenvalue weighted by Crippen LogP contribution is 2.41. The molecule has 1 aromatic heterocycles. The molecular formula is C32H45N5O4S. The number of nitrogens with two attached hydrogens (primary N) is 1. The van der Waals surface area contributed by atoms with E-state index in [1.807, 2.05) is 76.2 Å². The smallest absolute Gasteiger partial charge is 0.227 e. The van der Waals surface area contributed by atoms with Crippen molar-refractivity contribution in [2.24, 2.45) is 11.7 Å². The van der Waals surface area contributed by atoms with Crippen molar-refractivity contribution in [2.75, 3.05) is 11.5 Å². The van der Waals surface area contributed by atoms with Crippen LogP contribution in [0.2, 0.25) is 0 Å². The molecule has 2 N–H and O–H groups in total. The monoisotopic (exact) mass is 595 g/mol. The Labute approximate surface area is 255 Å². The van der Waals surface area contributed by atoms with Gasteiger partial charge in [0.2, 0.25) is 11.8 Å². The number of fused-ring (bicyclic) bond motifs is 5. The van der Waals surface area contributed by atoms with Gasteiger partial charge in [-0.1, -0.05) is 75.4 Å². The molecule has 0 aliphatic carbocycles. The number of nitrogens with zero attached hydrogens (tertiary/aromatic N) is 4. The molecule has 0 atom stereocenters. The molecule has 3 aromatic rings. The standard InChI is InChI=1S/C19H17N5O2S.C11H22O2.C2H6/c20-16(25)9-10-17(26)23-11-12-5-1-2-6-13(12)19-18(21-22-24(19)27)14-7-3-4-8-15(14)23;1-9(2)6-7-13-11(4,5)8-10(3)12;1-2/h1-8,27H,9-11H2,(H2,20,25);9H,6-8H2,1-5H3;1-2H3. The van der Waals surface area contributed by atoms with Crippen molar-refractivity contribution < 1.29 is 19.1 Å². The number of rotatable bonds is 9. The molecule has 1 aliphatic heterocycles. The Morgan fingerprint density at radius 2 is 1.64 bits per heavy atom. The summed E-state index contributed by atoms with van der Waals surface area (Å²) in [5, 5.41) is 8.37. The van der Waals surface area contributed by atoms with Crippen molar-refractivity contribution in [1.82, 2.24) is 14.4 Å². The Morgan fingerprint density at radius 1 is 1.02 bits per heavy atom. The minimum Gasteiger partial charge on any atom is -0.375 e. The zero-order valence-electron chi connectivity index (χ0n) is 25.9. The van der Waals surface area contributed by atoms with Crippen molar-refractivity contribution in [2.45, 2.75) is 86.3 Å². The van der Waals surface area contributed by atoms with E-state index in [1.165, 1.54) is 4.09 Å². The van der Waals surface area contributed by atoms with Gasteiger partial charge in [-0.15, -0.1) is 5.10 Å². The van der Waals surface area contributed by atoms with Gasteiger partial charge in [0.25, 0.3) is 0 Å². The number of hydrogen-bond donors (Lipinski definition) is 2. The number of primary amides is 1. The van der Waals surface area contributed by atoms with E-state index in [4.69, 9.17) is 10.5 Å². The van der Waals surface area contributed by atoms with Crippen LogP contribution in [0.15, 0.2) is 48.5 Å². The molecule has 9 nitrogen and oxygen atoms in total. The molecule has 42 heavy (non-hydrogen) atoms. The highest BCUT2D eigenvalue weighted by molar-refractivity contribution is 7.78. The Bertz CT molecular complexity index is 1350. The second-order valence-electron chi connectivity index (χ2n) is 11.0. The van der Waals surface area contributed by atoms with E-state index in [-0.39, 0.29) is 30.1 Å². The molecule has 0 unspecified atom stereocenters. The van der Waals surface area contributed by atoms with Gasteiger partial charge in [-0.3, -0.25) is 14.4 Å². The predicted molar refractivity (Wildman–Crippen MR) is 171 cm³/mol. The molecular weight excluding hydrogens is 550 g/mol. The summed E-state index contributed by atoms with van der Waals surface area (Å²) in [6.07, 6.45) is 1.63. The maximum absolute atomic E-state index is 12.9. The second kappa shape index (κ2) is 16.2. The number of thiol groups is 1. The summed E-state index contributed by atoms with van der Waals surface area (Å²) < 4.78 is 7.08. The lowest BCUT2D eigenvalue weighted by Crippen LogP contribution is -2.32. The van der Waals surface area contributed by atoms with Gasteiger partial charge < -0.3 is 15.4 Å². The molecule has 2 aromatic carbocycles. The molecule has 0 fully saturated rings. The normalized spacial score (nSPS) is 11.9. The molecule has 2 heterocycles. The van der Waals surface area contributed by atoms with E-state index in [0.717, 1.165) is 41.1 Å². The molecule has 0 saturated carbocycles. The van der Waals surface area contributed by atoms with E-state index in [0.29, 0.717) is 24.6 Å². The van der Waals surface area contributed by atoms with Crippen LogP contribution >= 0.6 is 12.8 Å². The molecule has 2 amide bonds. The molecule has 10 heteroatoms. The fourth-order valence-electron chi connectivity index (χ4n) is 4.55. The Kier molecular flexibility index (Phi) is 13.4. The third-order valence-corrected chi connectivity index (χ3v) is 6.73. The van der Waals surface area contributed by atoms with E-state index in [9.17, 15) is 14.4 Å². The number of hydrogen-bond acceptors (Lipinski definition) is 7. The Hall–Kier alpha value is -3.50. The van der Waals surface area contributed by atoms with Gasteiger partial charge in [-0.05, 0) is 57.6 Å². The number of anilines is 1. The number of benzene rings is 2. The predicted octanol–water partition coefficient (Wildman–Crippen LogP) is 6.25. The van der Waals surface area contributed by atoms with Crippen molar-refractivity contribution >= 4 is 36.1 Å². The minimum atomic E-state index is -0.496. The summed E-state index contributed by atoms with van der Waals surface area (Å²) in [4.78, 5) is 36.6. The number of amides is 2. The summed E-state index contributed by atoms with van der Waals surface area (Å²) in [6.45, 7) is 15.0. The van der Waals surface area contributed by atoms with Crippen molar-refractivity contribution in [3.63, 3.8) is 0 Å². The lowest BCUT2D eigenvalue weighted by atomic mass is 9.95. The number of ketones is 1. The first-order valence-electron chi connectivity index (χ1n) is 14.4. The van der Waals surface area contributed by atoms with Crippen LogP contribution in [0.4, 0.5) is 5.69 Å². The molecule has 0 bridgehead atoms. The number of Topliss-reactive ketones (excluding diaryl/α,β-unsaturated/α-hetero) is 1. The third kappa shape index (κ3) is 9.80. The quantitative estimate of drug-likeness (QED) is 0.282. The maximum Gasteiger partial charge on any atom is 0.227 e. The first-order chi connectivity index (χ1) is 19.9. The van der Waals surface area contributed by atoms with Gasteiger partial charge >= 0.3 is 0 Å². The van der Waals surface area contributed by atoms with Gasteiger partial charge in [0, 0.05) is 37.0 Å². The molecule has 0 spiro atoms. The fourth-order valence-corrected chi connectivity index (χ4v) is 4.80. The molecule has 1 aliphatic rings. The summed E-state index contributed by atoms with van der Waals surface area (Å²) in [5.74, 6) is 0.185. The van der Waals surface area contributed by atoms with Crippen LogP contribution in [-0.2, 0) is 25.7 Å². The zero-order valence-corrected chi connectivity index (χ0v) is 26.8. The average Bonchev–Trinajstić information content (AvgIpc) is 3.30. The molecule has 4 rings (SSSR count). The van der Waals surface area contributed by atoms with Crippen LogP contribution in [0.1, 0.15) is 79.7 Å². The maximum atomic E-state index is 12.9. The summed E-state index contributed by atoms with van der Waals surface area (Å²) in [7, 11) is 0. The van der Waals surface area contributed by atoms with Crippen LogP contribution in [0.3, 0.4) is 0 Å². The van der Waals surface area contributed by atoms with Gasteiger partial charge in [0.15, 0.2) is 0 Å². The van der Waals surface area contributed by atoms with E-state index >= 15 is 0 Å². The molecule has 0 saturated heterocycles. The summed E-state index contributed by atoms with van der Waals surface area (Å²) >= 11 is 4.42. The van der Waals surface area contributed by atoms with Crippen molar-refractivity contribution in [3.8, 4) is 22.5 Å². The highest BCUT2D eigenvalue weighted by atomic mass is 32.1. The van der Waals surface area contributed by atoms with Gasteiger partial charge in [-0.2, -0.15) is 4.09 Å². The number of para-hydroxylation sites is 1. The van der Waals surface area contributed by atoms with Crippen molar-refractivity contribution in [3.05, 3.63) is 54.1 Å². The summed E-state index contributed by atoms with van der Waals surface area (Å²) in [6, 6.07) is 15.3. The Balaban J connectivity index is 0.000000350. The molecule has 0 radical (unpaired) electrons. The zero-order chi connectivity index (χ0) is 31.4. The van der Waals surface area contributed by atoms with Crippen LogP contribution in [0, 0.1) is 5.92 Å². The van der Waals surface area contributed by atoms with E-state index in [2.05, 4.69) is 37.0 Å². The van der Waals surface area contributed by atoms with Gasteiger partial charge in [0.1, 0.15) is 17.2 Å². The average molecular weight is 596 g/mol. The van der Waals surface area contributed by atoms with Crippen LogP contribution < -0.4 is 10.6 Å². The SMILES string of the molecule is CC.CC(=O)CC(C)(C)OCCC(C)C.NC(=O)CCC(=O)N1Cc2ccccc2-c2c(nnn2S)-c2ccccc21. The van der Waals surface area contributed by atoms with Gasteiger partial charge in [-0.25, -0.2) is 0 Å². The van der Waals surface area contributed by atoms with Crippen LogP contribution in [0.25, 0.3) is 22.5 Å². The number of aromatic nitrogens is 3. The van der Waals surface area contributed by atoms with Gasteiger partial charge in [0.05, 0.1) is 17.8 Å². The topological polar surface area (TPSA) is 120 Å². The third-order valence-electron chi connectivity index (χ3n) is 6.45.